The summed E-state index contributed by atoms with van der Waals surface area (Å²) in [4.78, 5) is 2.63. The summed E-state index contributed by atoms with van der Waals surface area (Å²) in [5.41, 5.74) is 3.29. The summed E-state index contributed by atoms with van der Waals surface area (Å²) in [7, 11) is 0. The molecule has 1 aromatic rings. The number of hydrogen-bond acceptors (Lipinski definition) is 2. The van der Waals surface area contributed by atoms with Crippen LogP contribution in [-0.2, 0) is 6.42 Å². The molecule has 21 heavy (non-hydrogen) atoms. The fourth-order valence-electron chi connectivity index (χ4n) is 3.98. The molecule has 1 aromatic carbocycles. The number of benzene rings is 1. The van der Waals surface area contributed by atoms with Gasteiger partial charge in [-0.25, -0.2) is 0 Å². The van der Waals surface area contributed by atoms with Gasteiger partial charge in [0.1, 0.15) is 0 Å². The number of hydrogen-bond donors (Lipinski definition) is 1. The third kappa shape index (κ3) is 3.26. The van der Waals surface area contributed by atoms with Crippen LogP contribution in [0.2, 0.25) is 0 Å². The van der Waals surface area contributed by atoms with Crippen LogP contribution in [-0.4, -0.2) is 24.7 Å². The Kier molecular flexibility index (Phi) is 4.54. The lowest BCUT2D eigenvalue weighted by Gasteiger charge is -2.46. The van der Waals surface area contributed by atoms with E-state index < -0.39 is 0 Å². The van der Waals surface area contributed by atoms with Gasteiger partial charge in [-0.15, -0.1) is 0 Å². The fourth-order valence-corrected chi connectivity index (χ4v) is 3.98. The van der Waals surface area contributed by atoms with E-state index >= 15 is 0 Å². The molecule has 1 unspecified atom stereocenters. The Hall–Kier alpha value is -1.02. The maximum atomic E-state index is 3.84. The zero-order valence-corrected chi connectivity index (χ0v) is 13.7. The Balaban J connectivity index is 1.71. The highest BCUT2D eigenvalue weighted by Crippen LogP contribution is 2.35. The Bertz CT molecular complexity index is 445. The molecule has 2 fully saturated rings. The standard InChI is InChI=1S/C19H30N2/c1-3-4-7-17-8-10-18(11-9-17)21-15-19(12-5-6-13-19)20-14-16(21)2/h8-11,16,20H,3-7,12-15H2,1-2H3. The van der Waals surface area contributed by atoms with Crippen LogP contribution in [0.3, 0.4) is 0 Å². The van der Waals surface area contributed by atoms with Crippen molar-refractivity contribution in [3.8, 4) is 0 Å². The molecule has 1 aliphatic heterocycles. The van der Waals surface area contributed by atoms with Gasteiger partial charge in [-0.2, -0.15) is 0 Å². The van der Waals surface area contributed by atoms with E-state index in [1.54, 1.807) is 0 Å². The summed E-state index contributed by atoms with van der Waals surface area (Å²) < 4.78 is 0. The van der Waals surface area contributed by atoms with E-state index in [1.165, 1.54) is 62.7 Å². The molecule has 2 nitrogen and oxygen atoms in total. The van der Waals surface area contributed by atoms with E-state index in [-0.39, 0.29) is 0 Å². The third-order valence-electron chi connectivity index (χ3n) is 5.43. The van der Waals surface area contributed by atoms with Gasteiger partial charge in [-0.3, -0.25) is 0 Å². The smallest absolute Gasteiger partial charge is 0.0387 e. The number of unbranched alkanes of at least 4 members (excludes halogenated alkanes) is 1. The lowest BCUT2D eigenvalue weighted by molar-refractivity contribution is 0.276. The summed E-state index contributed by atoms with van der Waals surface area (Å²) in [5.74, 6) is 0. The predicted octanol–water partition coefficient (Wildman–Crippen LogP) is 4.14. The van der Waals surface area contributed by atoms with Crippen LogP contribution in [0.25, 0.3) is 0 Å². The molecule has 3 rings (SSSR count). The van der Waals surface area contributed by atoms with Crippen LogP contribution in [0.4, 0.5) is 5.69 Å². The number of nitrogens with zero attached hydrogens (tertiary/aromatic N) is 1. The zero-order chi connectivity index (χ0) is 14.7. The fraction of sp³-hybridized carbons (Fsp3) is 0.684. The minimum absolute atomic E-state index is 0.396. The molecular weight excluding hydrogens is 256 g/mol. The van der Waals surface area contributed by atoms with Crippen molar-refractivity contribution >= 4 is 5.69 Å². The highest BCUT2D eigenvalue weighted by atomic mass is 15.3. The average molecular weight is 286 g/mol. The van der Waals surface area contributed by atoms with Gasteiger partial charge >= 0.3 is 0 Å². The molecule has 2 heteroatoms. The average Bonchev–Trinajstić information content (AvgIpc) is 2.97. The molecule has 0 radical (unpaired) electrons. The molecule has 1 saturated heterocycles. The minimum atomic E-state index is 0.396. The quantitative estimate of drug-likeness (QED) is 0.895. The molecule has 1 heterocycles. The van der Waals surface area contributed by atoms with Gasteiger partial charge in [0.2, 0.25) is 0 Å². The molecule has 2 aliphatic rings. The van der Waals surface area contributed by atoms with Crippen LogP contribution in [0, 0.1) is 0 Å². The Morgan fingerprint density at radius 3 is 2.57 bits per heavy atom. The van der Waals surface area contributed by atoms with Crippen LogP contribution >= 0.6 is 0 Å². The highest BCUT2D eigenvalue weighted by Gasteiger charge is 2.39. The maximum Gasteiger partial charge on any atom is 0.0387 e. The van der Waals surface area contributed by atoms with Crippen molar-refractivity contribution in [1.29, 1.82) is 0 Å². The van der Waals surface area contributed by atoms with Gasteiger partial charge in [0.05, 0.1) is 0 Å². The largest absolute Gasteiger partial charge is 0.366 e. The molecular formula is C19H30N2. The molecule has 1 saturated carbocycles. The number of anilines is 1. The Morgan fingerprint density at radius 2 is 1.90 bits per heavy atom. The van der Waals surface area contributed by atoms with E-state index in [2.05, 4.69) is 48.3 Å². The molecule has 1 atom stereocenters. The number of piperazine rings is 1. The van der Waals surface area contributed by atoms with Crippen molar-refractivity contribution in [2.24, 2.45) is 0 Å². The summed E-state index contributed by atoms with van der Waals surface area (Å²) in [6.45, 7) is 6.91. The van der Waals surface area contributed by atoms with E-state index in [4.69, 9.17) is 0 Å². The number of nitrogens with one attached hydrogen (secondary N) is 1. The van der Waals surface area contributed by atoms with Crippen LogP contribution in [0.15, 0.2) is 24.3 Å². The second kappa shape index (κ2) is 6.39. The van der Waals surface area contributed by atoms with Crippen LogP contribution in [0.5, 0.6) is 0 Å². The Morgan fingerprint density at radius 1 is 1.19 bits per heavy atom. The summed E-state index contributed by atoms with van der Waals surface area (Å²) in [6, 6.07) is 9.95. The third-order valence-corrected chi connectivity index (χ3v) is 5.43. The number of rotatable bonds is 4. The summed E-state index contributed by atoms with van der Waals surface area (Å²) >= 11 is 0. The molecule has 0 amide bonds. The minimum Gasteiger partial charge on any atom is -0.366 e. The van der Waals surface area contributed by atoms with E-state index in [1.807, 2.05) is 0 Å². The van der Waals surface area contributed by atoms with Gasteiger partial charge in [0.15, 0.2) is 0 Å². The van der Waals surface area contributed by atoms with Crippen molar-refractivity contribution in [3.63, 3.8) is 0 Å². The zero-order valence-electron chi connectivity index (χ0n) is 13.7. The van der Waals surface area contributed by atoms with Crippen molar-refractivity contribution in [3.05, 3.63) is 29.8 Å². The van der Waals surface area contributed by atoms with Gasteiger partial charge in [0, 0.05) is 30.4 Å². The van der Waals surface area contributed by atoms with Crippen LogP contribution < -0.4 is 10.2 Å². The molecule has 0 aromatic heterocycles. The first-order valence-electron chi connectivity index (χ1n) is 8.83. The highest BCUT2D eigenvalue weighted by molar-refractivity contribution is 5.50. The van der Waals surface area contributed by atoms with Gasteiger partial charge in [0.25, 0.3) is 0 Å². The molecule has 0 bridgehead atoms. The van der Waals surface area contributed by atoms with Crippen LogP contribution in [0.1, 0.15) is 57.9 Å². The van der Waals surface area contributed by atoms with Gasteiger partial charge < -0.3 is 10.2 Å². The van der Waals surface area contributed by atoms with E-state index in [9.17, 15) is 0 Å². The second-order valence-corrected chi connectivity index (χ2v) is 7.12. The normalized spacial score (nSPS) is 24.7. The first kappa shape index (κ1) is 14.9. The predicted molar refractivity (Wildman–Crippen MR) is 91.1 cm³/mol. The Labute approximate surface area is 129 Å². The van der Waals surface area contributed by atoms with Crippen molar-refractivity contribution in [1.82, 2.24) is 5.32 Å². The lowest BCUT2D eigenvalue weighted by Crippen LogP contribution is -2.62. The molecule has 1 spiro atoms. The van der Waals surface area contributed by atoms with Crippen molar-refractivity contribution in [2.75, 3.05) is 18.0 Å². The monoisotopic (exact) mass is 286 g/mol. The first-order chi connectivity index (χ1) is 10.2. The van der Waals surface area contributed by atoms with E-state index in [0.717, 1.165) is 6.54 Å². The number of aryl methyl sites for hydroxylation is 1. The first-order valence-corrected chi connectivity index (χ1v) is 8.83. The van der Waals surface area contributed by atoms with Gasteiger partial charge in [-0.1, -0.05) is 38.3 Å². The SMILES string of the molecule is CCCCc1ccc(N2CC3(CCCC3)NCC2C)cc1. The lowest BCUT2D eigenvalue weighted by atomic mass is 9.92. The van der Waals surface area contributed by atoms with Crippen molar-refractivity contribution in [2.45, 2.75) is 70.4 Å². The van der Waals surface area contributed by atoms with Crippen molar-refractivity contribution < 1.29 is 0 Å². The second-order valence-electron chi connectivity index (χ2n) is 7.12. The van der Waals surface area contributed by atoms with E-state index in [0.29, 0.717) is 11.6 Å². The molecule has 1 N–H and O–H groups in total. The summed E-state index contributed by atoms with van der Waals surface area (Å²) in [6.07, 6.45) is 9.29. The maximum absolute atomic E-state index is 3.84. The summed E-state index contributed by atoms with van der Waals surface area (Å²) in [5, 5.41) is 3.84. The van der Waals surface area contributed by atoms with Gasteiger partial charge in [-0.05, 0) is 50.3 Å². The topological polar surface area (TPSA) is 15.3 Å². The molecule has 1 aliphatic carbocycles. The molecule has 116 valence electrons.